The lowest BCUT2D eigenvalue weighted by molar-refractivity contribution is 0.310. The summed E-state index contributed by atoms with van der Waals surface area (Å²) >= 11 is 0. The van der Waals surface area contributed by atoms with Crippen molar-refractivity contribution < 1.29 is 8.42 Å². The third-order valence-electron chi connectivity index (χ3n) is 5.16. The van der Waals surface area contributed by atoms with Crippen LogP contribution in [-0.4, -0.2) is 62.1 Å². The molecule has 0 amide bonds. The Bertz CT molecular complexity index is 811. The molecule has 24 heavy (non-hydrogen) atoms. The van der Waals surface area contributed by atoms with Gasteiger partial charge in [-0.15, -0.1) is 0 Å². The molecule has 132 valence electrons. The number of likely N-dealkylation sites (N-methyl/N-ethyl adjacent to an activating group) is 1. The van der Waals surface area contributed by atoms with Crippen LogP contribution in [0.15, 0.2) is 24.4 Å². The second kappa shape index (κ2) is 6.86. The predicted octanol–water partition coefficient (Wildman–Crippen LogP) is 2.24. The van der Waals surface area contributed by atoms with E-state index in [1.807, 2.05) is 6.07 Å². The molecule has 0 bridgehead atoms. The number of hydrogen-bond acceptors (Lipinski definition) is 3. The van der Waals surface area contributed by atoms with Crippen LogP contribution in [0.3, 0.4) is 0 Å². The van der Waals surface area contributed by atoms with Gasteiger partial charge in [-0.25, -0.2) is 12.7 Å². The van der Waals surface area contributed by atoms with Gasteiger partial charge in [0.05, 0.1) is 5.75 Å². The van der Waals surface area contributed by atoms with Crippen molar-refractivity contribution in [2.24, 2.45) is 0 Å². The summed E-state index contributed by atoms with van der Waals surface area (Å²) in [4.78, 5) is 5.79. The normalized spacial score (nSPS) is 19.6. The number of nitrogens with one attached hydrogen (secondary N) is 1. The molecule has 6 heteroatoms. The number of aromatic nitrogens is 1. The Morgan fingerprint density at radius 2 is 2.12 bits per heavy atom. The van der Waals surface area contributed by atoms with Gasteiger partial charge in [0.25, 0.3) is 0 Å². The van der Waals surface area contributed by atoms with E-state index in [1.54, 1.807) is 14.1 Å². The molecular formula is C18H27N3O2S. The molecule has 1 aromatic carbocycles. The second-order valence-corrected chi connectivity index (χ2v) is 9.33. The van der Waals surface area contributed by atoms with Crippen LogP contribution < -0.4 is 0 Å². The SMILES string of the molecule is CN1CCC[C@@H]1Cc1c[nH]c2ccc(CCS(=O)(=O)N(C)C)cc12. The summed E-state index contributed by atoms with van der Waals surface area (Å²) in [7, 11) is 2.21. The highest BCUT2D eigenvalue weighted by molar-refractivity contribution is 7.89. The minimum atomic E-state index is -3.15. The van der Waals surface area contributed by atoms with Crippen molar-refractivity contribution in [2.45, 2.75) is 31.7 Å². The highest BCUT2D eigenvalue weighted by atomic mass is 32.2. The summed E-state index contributed by atoms with van der Waals surface area (Å²) in [5.41, 5.74) is 3.54. The molecule has 1 N–H and O–H groups in total. The standard InChI is InChI=1S/C18H27N3O2S/c1-20(2)24(22,23)10-8-14-6-7-18-17(11-14)15(13-19-18)12-16-5-4-9-21(16)3/h6-7,11,13,16,19H,4-5,8-10,12H2,1-3H3/t16-/m1/s1. The summed E-state index contributed by atoms with van der Waals surface area (Å²) in [5.74, 6) is 0.149. The smallest absolute Gasteiger partial charge is 0.213 e. The lowest BCUT2D eigenvalue weighted by Gasteiger charge is -2.18. The fourth-order valence-corrected chi connectivity index (χ4v) is 4.33. The Labute approximate surface area is 144 Å². The van der Waals surface area contributed by atoms with Gasteiger partial charge in [-0.2, -0.15) is 0 Å². The molecule has 1 aliphatic heterocycles. The number of aromatic amines is 1. The van der Waals surface area contributed by atoms with Crippen LogP contribution in [0.5, 0.6) is 0 Å². The summed E-state index contributed by atoms with van der Waals surface area (Å²) in [6, 6.07) is 6.85. The number of nitrogens with zero attached hydrogens (tertiary/aromatic N) is 2. The van der Waals surface area contributed by atoms with E-state index in [4.69, 9.17) is 0 Å². The van der Waals surface area contributed by atoms with Crippen molar-refractivity contribution in [1.29, 1.82) is 0 Å². The molecule has 0 aliphatic carbocycles. The highest BCUT2D eigenvalue weighted by Crippen LogP contribution is 2.25. The Balaban J connectivity index is 1.78. The zero-order chi connectivity index (χ0) is 17.3. The first-order valence-corrected chi connectivity index (χ1v) is 10.2. The number of aryl methyl sites for hydroxylation is 1. The minimum Gasteiger partial charge on any atom is -0.361 e. The van der Waals surface area contributed by atoms with E-state index in [-0.39, 0.29) is 5.75 Å². The molecule has 1 aromatic heterocycles. The van der Waals surface area contributed by atoms with Gasteiger partial charge >= 0.3 is 0 Å². The van der Waals surface area contributed by atoms with Crippen LogP contribution in [0.2, 0.25) is 0 Å². The van der Waals surface area contributed by atoms with Crippen LogP contribution in [0.4, 0.5) is 0 Å². The number of sulfonamides is 1. The monoisotopic (exact) mass is 349 g/mol. The molecule has 2 heterocycles. The van der Waals surface area contributed by atoms with Crippen molar-refractivity contribution in [3.05, 3.63) is 35.5 Å². The Hall–Kier alpha value is -1.37. The topological polar surface area (TPSA) is 56.4 Å². The number of H-pyrrole nitrogens is 1. The third-order valence-corrected chi connectivity index (χ3v) is 7.00. The van der Waals surface area contributed by atoms with Gasteiger partial charge in [0, 0.05) is 37.2 Å². The average Bonchev–Trinajstić information content (AvgIpc) is 3.12. The van der Waals surface area contributed by atoms with E-state index in [0.717, 1.165) is 17.5 Å². The molecule has 3 rings (SSSR count). The number of benzene rings is 1. The van der Waals surface area contributed by atoms with Gasteiger partial charge in [-0.05, 0) is 62.5 Å². The summed E-state index contributed by atoms with van der Waals surface area (Å²) in [6.07, 6.45) is 6.23. The molecule has 0 radical (unpaired) electrons. The molecule has 0 saturated carbocycles. The minimum absolute atomic E-state index is 0.149. The highest BCUT2D eigenvalue weighted by Gasteiger charge is 2.22. The first-order chi connectivity index (χ1) is 11.4. The molecule has 2 aromatic rings. The Morgan fingerprint density at radius 1 is 1.33 bits per heavy atom. The molecule has 1 aliphatic rings. The Morgan fingerprint density at radius 3 is 2.79 bits per heavy atom. The van der Waals surface area contributed by atoms with Crippen LogP contribution >= 0.6 is 0 Å². The lowest BCUT2D eigenvalue weighted by Crippen LogP contribution is -2.26. The fourth-order valence-electron chi connectivity index (χ4n) is 3.47. The van der Waals surface area contributed by atoms with Crippen LogP contribution in [0.25, 0.3) is 10.9 Å². The van der Waals surface area contributed by atoms with Crippen LogP contribution in [-0.2, 0) is 22.9 Å². The van der Waals surface area contributed by atoms with E-state index in [2.05, 4.69) is 35.3 Å². The van der Waals surface area contributed by atoms with Gasteiger partial charge in [-0.3, -0.25) is 0 Å². The molecule has 1 saturated heterocycles. The molecule has 5 nitrogen and oxygen atoms in total. The fraction of sp³-hybridized carbons (Fsp3) is 0.556. The van der Waals surface area contributed by atoms with Crippen molar-refractivity contribution in [1.82, 2.24) is 14.2 Å². The molecule has 0 unspecified atom stereocenters. The first-order valence-electron chi connectivity index (χ1n) is 8.56. The first kappa shape index (κ1) is 17.5. The molecule has 0 spiro atoms. The second-order valence-electron chi connectivity index (χ2n) is 7.02. The number of fused-ring (bicyclic) bond motifs is 1. The summed E-state index contributed by atoms with van der Waals surface area (Å²) in [6.45, 7) is 1.18. The van der Waals surface area contributed by atoms with Crippen LogP contribution in [0, 0.1) is 0 Å². The van der Waals surface area contributed by atoms with E-state index in [0.29, 0.717) is 12.5 Å². The van der Waals surface area contributed by atoms with Gasteiger partial charge in [-0.1, -0.05) is 6.07 Å². The van der Waals surface area contributed by atoms with Crippen molar-refractivity contribution >= 4 is 20.9 Å². The molecular weight excluding hydrogens is 322 g/mol. The van der Waals surface area contributed by atoms with E-state index < -0.39 is 10.0 Å². The molecule has 1 atom stereocenters. The van der Waals surface area contributed by atoms with Gasteiger partial charge < -0.3 is 9.88 Å². The third kappa shape index (κ3) is 3.66. The maximum absolute atomic E-state index is 12.0. The van der Waals surface area contributed by atoms with Crippen LogP contribution in [0.1, 0.15) is 24.0 Å². The van der Waals surface area contributed by atoms with Crippen molar-refractivity contribution in [2.75, 3.05) is 33.4 Å². The van der Waals surface area contributed by atoms with Gasteiger partial charge in [0.1, 0.15) is 0 Å². The van der Waals surface area contributed by atoms with Gasteiger partial charge in [0.15, 0.2) is 0 Å². The zero-order valence-electron chi connectivity index (χ0n) is 14.7. The summed E-state index contributed by atoms with van der Waals surface area (Å²) < 4.78 is 25.2. The zero-order valence-corrected chi connectivity index (χ0v) is 15.6. The average molecular weight is 350 g/mol. The maximum Gasteiger partial charge on any atom is 0.213 e. The quantitative estimate of drug-likeness (QED) is 0.870. The maximum atomic E-state index is 12.0. The predicted molar refractivity (Wildman–Crippen MR) is 98.8 cm³/mol. The largest absolute Gasteiger partial charge is 0.361 e. The van der Waals surface area contributed by atoms with E-state index >= 15 is 0 Å². The van der Waals surface area contributed by atoms with Gasteiger partial charge in [0.2, 0.25) is 10.0 Å². The lowest BCUT2D eigenvalue weighted by atomic mass is 10.0. The Kier molecular flexibility index (Phi) is 4.99. The molecule has 1 fully saturated rings. The number of hydrogen-bond donors (Lipinski definition) is 1. The van der Waals surface area contributed by atoms with Crippen molar-refractivity contribution in [3.8, 4) is 0 Å². The van der Waals surface area contributed by atoms with E-state index in [9.17, 15) is 8.42 Å². The number of likely N-dealkylation sites (tertiary alicyclic amines) is 1. The van der Waals surface area contributed by atoms with E-state index in [1.165, 1.54) is 34.6 Å². The van der Waals surface area contributed by atoms with Crippen molar-refractivity contribution in [3.63, 3.8) is 0 Å². The number of rotatable bonds is 6. The summed E-state index contributed by atoms with van der Waals surface area (Å²) in [5, 5.41) is 1.23.